The quantitative estimate of drug-likeness (QED) is 0.718. The van der Waals surface area contributed by atoms with Crippen LogP contribution in [0.25, 0.3) is 0 Å². The van der Waals surface area contributed by atoms with Gasteiger partial charge in [-0.3, -0.25) is 4.79 Å². The van der Waals surface area contributed by atoms with E-state index in [-0.39, 0.29) is 29.8 Å². The maximum atomic E-state index is 12.2. The summed E-state index contributed by atoms with van der Waals surface area (Å²) in [4.78, 5) is 12.1. The SMILES string of the molecule is COc1ccc(S(=O)(=O)NCCC(=O)NC(C)c2cccc(Cl)c2)cc1. The standard InChI is InChI=1S/C18H21ClN2O4S/c1-13(14-4-3-5-15(19)12-14)21-18(22)10-11-20-26(23,24)17-8-6-16(25-2)7-9-17/h3-9,12-13,20H,10-11H2,1-2H3,(H,21,22). The highest BCUT2D eigenvalue weighted by Gasteiger charge is 2.15. The second-order valence-corrected chi connectivity index (χ2v) is 7.87. The van der Waals surface area contributed by atoms with Crippen LogP contribution in [0.3, 0.4) is 0 Å². The smallest absolute Gasteiger partial charge is 0.240 e. The average molecular weight is 397 g/mol. The molecule has 2 N–H and O–H groups in total. The van der Waals surface area contributed by atoms with E-state index < -0.39 is 10.0 Å². The third kappa shape index (κ3) is 5.72. The normalized spacial score (nSPS) is 12.4. The van der Waals surface area contributed by atoms with Crippen molar-refractivity contribution in [2.45, 2.75) is 24.3 Å². The molecule has 0 saturated carbocycles. The van der Waals surface area contributed by atoms with Gasteiger partial charge in [-0.15, -0.1) is 0 Å². The molecule has 0 spiro atoms. The second-order valence-electron chi connectivity index (χ2n) is 5.67. The van der Waals surface area contributed by atoms with Gasteiger partial charge in [-0.2, -0.15) is 0 Å². The molecule has 0 aliphatic carbocycles. The number of hydrogen-bond donors (Lipinski definition) is 2. The number of amides is 1. The molecule has 0 radical (unpaired) electrons. The minimum absolute atomic E-state index is 0.00244. The van der Waals surface area contributed by atoms with E-state index in [2.05, 4.69) is 10.0 Å². The van der Waals surface area contributed by atoms with Gasteiger partial charge in [0, 0.05) is 18.0 Å². The summed E-state index contributed by atoms with van der Waals surface area (Å²) >= 11 is 5.94. The highest BCUT2D eigenvalue weighted by molar-refractivity contribution is 7.89. The zero-order valence-corrected chi connectivity index (χ0v) is 16.1. The van der Waals surface area contributed by atoms with E-state index in [4.69, 9.17) is 16.3 Å². The summed E-state index contributed by atoms with van der Waals surface area (Å²) in [5, 5.41) is 3.41. The molecule has 0 bridgehead atoms. The van der Waals surface area contributed by atoms with Gasteiger partial charge in [-0.25, -0.2) is 13.1 Å². The first-order chi connectivity index (χ1) is 12.3. The van der Waals surface area contributed by atoms with Crippen molar-refractivity contribution in [2.24, 2.45) is 0 Å². The first kappa shape index (κ1) is 20.2. The number of methoxy groups -OCH3 is 1. The number of sulfonamides is 1. The Balaban J connectivity index is 1.85. The summed E-state index contributed by atoms with van der Waals surface area (Å²) in [6.07, 6.45) is 0.0281. The highest BCUT2D eigenvalue weighted by atomic mass is 35.5. The molecule has 2 rings (SSSR count). The number of halogens is 1. The molecule has 0 aromatic heterocycles. The molecule has 0 fully saturated rings. The van der Waals surface area contributed by atoms with E-state index in [1.54, 1.807) is 24.3 Å². The lowest BCUT2D eigenvalue weighted by atomic mass is 10.1. The van der Waals surface area contributed by atoms with Crippen molar-refractivity contribution in [1.29, 1.82) is 0 Å². The van der Waals surface area contributed by atoms with E-state index in [9.17, 15) is 13.2 Å². The Labute approximate surface area is 158 Å². The summed E-state index contributed by atoms with van der Waals surface area (Å²) in [5.74, 6) is 0.313. The molecule has 1 unspecified atom stereocenters. The van der Waals surface area contributed by atoms with E-state index in [0.29, 0.717) is 10.8 Å². The molecule has 26 heavy (non-hydrogen) atoms. The molecule has 0 aliphatic heterocycles. The van der Waals surface area contributed by atoms with Gasteiger partial charge in [0.25, 0.3) is 0 Å². The fraction of sp³-hybridized carbons (Fsp3) is 0.278. The molecule has 6 nitrogen and oxygen atoms in total. The lowest BCUT2D eigenvalue weighted by molar-refractivity contribution is -0.121. The summed E-state index contributed by atoms with van der Waals surface area (Å²) in [5.41, 5.74) is 0.879. The molecule has 0 saturated heterocycles. The van der Waals surface area contributed by atoms with Crippen molar-refractivity contribution in [3.63, 3.8) is 0 Å². The highest BCUT2D eigenvalue weighted by Crippen LogP contribution is 2.17. The predicted octanol–water partition coefficient (Wildman–Crippen LogP) is 2.89. The number of hydrogen-bond acceptors (Lipinski definition) is 4. The topological polar surface area (TPSA) is 84.5 Å². The Bertz CT molecular complexity index is 854. The van der Waals surface area contributed by atoms with Crippen LogP contribution in [0.4, 0.5) is 0 Å². The van der Waals surface area contributed by atoms with Crippen LogP contribution in [-0.2, 0) is 14.8 Å². The monoisotopic (exact) mass is 396 g/mol. The van der Waals surface area contributed by atoms with Crippen LogP contribution in [0, 0.1) is 0 Å². The molecule has 1 atom stereocenters. The van der Waals surface area contributed by atoms with Crippen LogP contribution in [0.15, 0.2) is 53.4 Å². The largest absolute Gasteiger partial charge is 0.497 e. The number of carbonyl (C=O) groups excluding carboxylic acids is 1. The molecular weight excluding hydrogens is 376 g/mol. The number of rotatable bonds is 8. The average Bonchev–Trinajstić information content (AvgIpc) is 2.61. The fourth-order valence-corrected chi connectivity index (χ4v) is 3.54. The van der Waals surface area contributed by atoms with Gasteiger partial charge >= 0.3 is 0 Å². The number of ether oxygens (including phenoxy) is 1. The number of benzene rings is 2. The predicted molar refractivity (Wildman–Crippen MR) is 101 cm³/mol. The zero-order chi connectivity index (χ0) is 19.2. The van der Waals surface area contributed by atoms with Crippen LogP contribution >= 0.6 is 11.6 Å². The first-order valence-corrected chi connectivity index (χ1v) is 9.86. The minimum Gasteiger partial charge on any atom is -0.497 e. The summed E-state index contributed by atoms with van der Waals surface area (Å²) in [7, 11) is -2.17. The van der Waals surface area contributed by atoms with Gasteiger partial charge in [-0.05, 0) is 48.9 Å². The van der Waals surface area contributed by atoms with Crippen molar-refractivity contribution >= 4 is 27.5 Å². The van der Waals surface area contributed by atoms with E-state index in [1.807, 2.05) is 19.1 Å². The lowest BCUT2D eigenvalue weighted by Crippen LogP contribution is -2.32. The summed E-state index contributed by atoms with van der Waals surface area (Å²) in [6, 6.07) is 13.0. The van der Waals surface area contributed by atoms with Crippen molar-refractivity contribution in [1.82, 2.24) is 10.0 Å². The third-order valence-electron chi connectivity index (χ3n) is 3.74. The van der Waals surface area contributed by atoms with Crippen LogP contribution in [-0.4, -0.2) is 28.0 Å². The molecule has 8 heteroatoms. The minimum atomic E-state index is -3.67. The van der Waals surface area contributed by atoms with Gasteiger partial charge in [0.05, 0.1) is 18.0 Å². The Kier molecular flexibility index (Phi) is 7.02. The number of carbonyl (C=O) groups is 1. The van der Waals surface area contributed by atoms with Crippen molar-refractivity contribution < 1.29 is 17.9 Å². The van der Waals surface area contributed by atoms with E-state index >= 15 is 0 Å². The lowest BCUT2D eigenvalue weighted by Gasteiger charge is -2.15. The van der Waals surface area contributed by atoms with Crippen molar-refractivity contribution in [3.05, 3.63) is 59.1 Å². The molecule has 0 aliphatic rings. The van der Waals surface area contributed by atoms with Crippen molar-refractivity contribution in [2.75, 3.05) is 13.7 Å². The Morgan fingerprint density at radius 1 is 1.19 bits per heavy atom. The van der Waals surface area contributed by atoms with E-state index in [0.717, 1.165) is 5.56 Å². The molecule has 140 valence electrons. The maximum Gasteiger partial charge on any atom is 0.240 e. The molecule has 1 amide bonds. The Morgan fingerprint density at radius 2 is 1.88 bits per heavy atom. The van der Waals surface area contributed by atoms with Crippen LogP contribution in [0.1, 0.15) is 24.9 Å². The summed E-state index contributed by atoms with van der Waals surface area (Å²) in [6.45, 7) is 1.84. The van der Waals surface area contributed by atoms with Gasteiger partial charge in [0.1, 0.15) is 5.75 Å². The van der Waals surface area contributed by atoms with Gasteiger partial charge < -0.3 is 10.1 Å². The number of nitrogens with one attached hydrogen (secondary N) is 2. The van der Waals surface area contributed by atoms with Crippen LogP contribution in [0.2, 0.25) is 5.02 Å². The molecule has 2 aromatic carbocycles. The van der Waals surface area contributed by atoms with Gasteiger partial charge in [-0.1, -0.05) is 23.7 Å². The first-order valence-electron chi connectivity index (χ1n) is 8.00. The van der Waals surface area contributed by atoms with Crippen LogP contribution in [0.5, 0.6) is 5.75 Å². The molecule has 2 aromatic rings. The van der Waals surface area contributed by atoms with Crippen LogP contribution < -0.4 is 14.8 Å². The van der Waals surface area contributed by atoms with E-state index in [1.165, 1.54) is 19.2 Å². The Hall–Kier alpha value is -2.09. The second kappa shape index (κ2) is 9.02. The van der Waals surface area contributed by atoms with Crippen molar-refractivity contribution in [3.8, 4) is 5.75 Å². The third-order valence-corrected chi connectivity index (χ3v) is 5.45. The maximum absolute atomic E-state index is 12.2. The Morgan fingerprint density at radius 3 is 2.50 bits per heavy atom. The fourth-order valence-electron chi connectivity index (χ4n) is 2.31. The van der Waals surface area contributed by atoms with Gasteiger partial charge in [0.2, 0.25) is 15.9 Å². The molecular formula is C18H21ClN2O4S. The molecule has 0 heterocycles. The zero-order valence-electron chi connectivity index (χ0n) is 14.5. The summed E-state index contributed by atoms with van der Waals surface area (Å²) < 4.78 is 31.8. The van der Waals surface area contributed by atoms with Gasteiger partial charge in [0.15, 0.2) is 0 Å².